The quantitative estimate of drug-likeness (QED) is 0.866. The third kappa shape index (κ3) is 3.24. The molecular weight excluding hydrogens is 262 g/mol. The number of furan rings is 1. The van der Waals surface area contributed by atoms with Gasteiger partial charge in [0.1, 0.15) is 5.76 Å². The molecule has 0 aliphatic rings. The molecule has 0 radical (unpaired) electrons. The van der Waals surface area contributed by atoms with Gasteiger partial charge in [0.2, 0.25) is 0 Å². The van der Waals surface area contributed by atoms with Gasteiger partial charge < -0.3 is 14.5 Å². The molecule has 0 saturated carbocycles. The van der Waals surface area contributed by atoms with E-state index in [2.05, 4.69) is 58.1 Å². The van der Waals surface area contributed by atoms with Gasteiger partial charge in [-0.2, -0.15) is 0 Å². The molecule has 0 amide bonds. The molecule has 1 N–H and O–H groups in total. The lowest BCUT2D eigenvalue weighted by Crippen LogP contribution is -2.31. The summed E-state index contributed by atoms with van der Waals surface area (Å²) in [5.41, 5.74) is 2.20. The Morgan fingerprint density at radius 3 is 2.43 bits per heavy atom. The van der Waals surface area contributed by atoms with Crippen molar-refractivity contribution in [1.29, 1.82) is 0 Å². The molecule has 0 aliphatic heterocycles. The first-order chi connectivity index (χ1) is 9.90. The van der Waals surface area contributed by atoms with Gasteiger partial charge in [-0.3, -0.25) is 0 Å². The normalized spacial score (nSPS) is 13.6. The van der Waals surface area contributed by atoms with E-state index < -0.39 is 0 Å². The Balaban J connectivity index is 2.55. The summed E-state index contributed by atoms with van der Waals surface area (Å²) in [7, 11) is 1.70. The molecule has 0 bridgehead atoms. The van der Waals surface area contributed by atoms with Crippen molar-refractivity contribution in [3.8, 4) is 5.75 Å². The Labute approximate surface area is 127 Å². The molecule has 116 valence electrons. The first-order valence-corrected chi connectivity index (χ1v) is 7.74. The minimum Gasteiger partial charge on any atom is -0.493 e. The summed E-state index contributed by atoms with van der Waals surface area (Å²) < 4.78 is 11.6. The molecule has 1 heterocycles. The van der Waals surface area contributed by atoms with E-state index >= 15 is 0 Å². The lowest BCUT2D eigenvalue weighted by molar-refractivity contribution is 0.244. The Morgan fingerprint density at radius 1 is 1.19 bits per heavy atom. The van der Waals surface area contributed by atoms with Crippen molar-refractivity contribution in [2.24, 2.45) is 5.41 Å². The van der Waals surface area contributed by atoms with E-state index in [4.69, 9.17) is 9.15 Å². The number of aryl methyl sites for hydroxylation is 1. The van der Waals surface area contributed by atoms with Crippen LogP contribution in [0.15, 0.2) is 22.6 Å². The van der Waals surface area contributed by atoms with Crippen molar-refractivity contribution in [1.82, 2.24) is 5.32 Å². The predicted molar refractivity (Wildman–Crippen MR) is 88.0 cm³/mol. The number of hydrogen-bond donors (Lipinski definition) is 1. The molecule has 1 unspecified atom stereocenters. The van der Waals surface area contributed by atoms with Crippen LogP contribution in [0.5, 0.6) is 5.75 Å². The first-order valence-electron chi connectivity index (χ1n) is 7.74. The van der Waals surface area contributed by atoms with Crippen LogP contribution in [0.4, 0.5) is 0 Å². The summed E-state index contributed by atoms with van der Waals surface area (Å²) in [6.07, 6.45) is 0.989. The molecule has 2 aromatic rings. The molecule has 1 aromatic heterocycles. The monoisotopic (exact) mass is 289 g/mol. The fourth-order valence-corrected chi connectivity index (χ4v) is 2.74. The Morgan fingerprint density at radius 2 is 1.90 bits per heavy atom. The molecule has 0 spiro atoms. The molecule has 0 aliphatic carbocycles. The van der Waals surface area contributed by atoms with Crippen LogP contribution in [0.25, 0.3) is 11.0 Å². The average molecular weight is 289 g/mol. The van der Waals surface area contributed by atoms with Gasteiger partial charge in [0, 0.05) is 5.39 Å². The molecule has 3 heteroatoms. The van der Waals surface area contributed by atoms with Crippen molar-refractivity contribution in [2.75, 3.05) is 13.7 Å². The van der Waals surface area contributed by atoms with Crippen LogP contribution >= 0.6 is 0 Å². The van der Waals surface area contributed by atoms with Gasteiger partial charge >= 0.3 is 0 Å². The maximum Gasteiger partial charge on any atom is 0.176 e. The highest BCUT2D eigenvalue weighted by Crippen LogP contribution is 2.38. The second kappa shape index (κ2) is 6.10. The van der Waals surface area contributed by atoms with Gasteiger partial charge in [-0.25, -0.2) is 0 Å². The minimum absolute atomic E-state index is 0.0880. The standard InChI is InChI=1S/C18H27NO2/c1-7-12-9-13-11-15(17(19-8-2)18(3,4)5)21-16(13)14(10-12)20-6/h9-11,17,19H,7-8H2,1-6H3. The topological polar surface area (TPSA) is 34.4 Å². The summed E-state index contributed by atoms with van der Waals surface area (Å²) in [5.74, 6) is 1.80. The summed E-state index contributed by atoms with van der Waals surface area (Å²) in [5, 5.41) is 4.65. The molecular formula is C18H27NO2. The van der Waals surface area contributed by atoms with Crippen LogP contribution in [-0.2, 0) is 6.42 Å². The fraction of sp³-hybridized carbons (Fsp3) is 0.556. The zero-order valence-electron chi connectivity index (χ0n) is 14.0. The van der Waals surface area contributed by atoms with Gasteiger partial charge in [-0.15, -0.1) is 0 Å². The van der Waals surface area contributed by atoms with E-state index in [1.165, 1.54) is 5.56 Å². The smallest absolute Gasteiger partial charge is 0.176 e. The van der Waals surface area contributed by atoms with Crippen molar-refractivity contribution in [3.05, 3.63) is 29.5 Å². The van der Waals surface area contributed by atoms with Gasteiger partial charge in [-0.1, -0.05) is 34.6 Å². The van der Waals surface area contributed by atoms with E-state index in [-0.39, 0.29) is 11.5 Å². The van der Waals surface area contributed by atoms with E-state index in [0.29, 0.717) is 0 Å². The highest BCUT2D eigenvalue weighted by Gasteiger charge is 2.29. The third-order valence-corrected chi connectivity index (χ3v) is 3.85. The number of rotatable bonds is 5. The van der Waals surface area contributed by atoms with Crippen LogP contribution in [0.1, 0.15) is 52.0 Å². The van der Waals surface area contributed by atoms with Crippen LogP contribution < -0.4 is 10.1 Å². The first kappa shape index (κ1) is 15.9. The van der Waals surface area contributed by atoms with Crippen LogP contribution in [-0.4, -0.2) is 13.7 Å². The number of nitrogens with one attached hydrogen (secondary N) is 1. The van der Waals surface area contributed by atoms with Gasteiger partial charge in [-0.05, 0) is 42.1 Å². The van der Waals surface area contributed by atoms with Crippen molar-refractivity contribution >= 4 is 11.0 Å². The highest BCUT2D eigenvalue weighted by molar-refractivity contribution is 5.84. The van der Waals surface area contributed by atoms with Crippen LogP contribution in [0.2, 0.25) is 0 Å². The molecule has 3 nitrogen and oxygen atoms in total. The lowest BCUT2D eigenvalue weighted by Gasteiger charge is -2.29. The van der Waals surface area contributed by atoms with Crippen LogP contribution in [0.3, 0.4) is 0 Å². The summed E-state index contributed by atoms with van der Waals surface area (Å²) in [4.78, 5) is 0. The predicted octanol–water partition coefficient (Wildman–Crippen LogP) is 4.70. The fourth-order valence-electron chi connectivity index (χ4n) is 2.74. The SMILES string of the molecule is CCNC(c1cc2cc(CC)cc(OC)c2o1)C(C)(C)C. The zero-order valence-corrected chi connectivity index (χ0v) is 14.0. The Hall–Kier alpha value is -1.48. The number of benzene rings is 1. The molecule has 2 rings (SSSR count). The van der Waals surface area contributed by atoms with Crippen LogP contribution in [0, 0.1) is 5.41 Å². The number of ether oxygens (including phenoxy) is 1. The number of methoxy groups -OCH3 is 1. The molecule has 0 fully saturated rings. The van der Waals surface area contributed by atoms with E-state index in [9.17, 15) is 0 Å². The summed E-state index contributed by atoms with van der Waals surface area (Å²) in [6, 6.07) is 6.59. The molecule has 1 atom stereocenters. The third-order valence-electron chi connectivity index (χ3n) is 3.85. The van der Waals surface area contributed by atoms with Crippen molar-refractivity contribution in [2.45, 2.75) is 47.1 Å². The van der Waals surface area contributed by atoms with Crippen molar-refractivity contribution in [3.63, 3.8) is 0 Å². The lowest BCUT2D eigenvalue weighted by atomic mass is 9.85. The maximum absolute atomic E-state index is 6.14. The summed E-state index contributed by atoms with van der Waals surface area (Å²) >= 11 is 0. The highest BCUT2D eigenvalue weighted by atomic mass is 16.5. The van der Waals surface area contributed by atoms with Gasteiger partial charge in [0.05, 0.1) is 13.2 Å². The maximum atomic E-state index is 6.14. The van der Waals surface area contributed by atoms with Gasteiger partial charge in [0.15, 0.2) is 11.3 Å². The largest absolute Gasteiger partial charge is 0.493 e. The van der Waals surface area contributed by atoms with Gasteiger partial charge in [0.25, 0.3) is 0 Å². The van der Waals surface area contributed by atoms with E-state index in [0.717, 1.165) is 35.4 Å². The zero-order chi connectivity index (χ0) is 15.6. The average Bonchev–Trinajstić information content (AvgIpc) is 2.85. The Bertz CT molecular complexity index is 607. The molecule has 1 aromatic carbocycles. The van der Waals surface area contributed by atoms with E-state index in [1.54, 1.807) is 7.11 Å². The summed E-state index contributed by atoms with van der Waals surface area (Å²) in [6.45, 7) is 11.9. The second-order valence-electron chi connectivity index (χ2n) is 6.58. The molecule has 0 saturated heterocycles. The second-order valence-corrected chi connectivity index (χ2v) is 6.58. The minimum atomic E-state index is 0.0880. The Kier molecular flexibility index (Phi) is 4.62. The molecule has 21 heavy (non-hydrogen) atoms. The number of hydrogen-bond acceptors (Lipinski definition) is 3. The number of fused-ring (bicyclic) bond motifs is 1. The van der Waals surface area contributed by atoms with Crippen molar-refractivity contribution < 1.29 is 9.15 Å². The van der Waals surface area contributed by atoms with E-state index in [1.807, 2.05) is 0 Å².